The normalized spacial score (nSPS) is 17.7. The van der Waals surface area contributed by atoms with Crippen LogP contribution in [0, 0.1) is 17.2 Å². The number of likely N-dealkylation sites (N-methyl/N-ethyl adjacent to an activating group) is 1. The Hall–Kier alpha value is -1.37. The average Bonchev–Trinajstić information content (AvgIpc) is 3.31. The molecule has 1 saturated carbocycles. The van der Waals surface area contributed by atoms with Crippen molar-refractivity contribution in [1.82, 2.24) is 10.2 Å². The van der Waals surface area contributed by atoms with E-state index < -0.39 is 5.54 Å². The molecule has 114 valence electrons. The number of benzene rings is 1. The molecule has 0 spiro atoms. The lowest BCUT2D eigenvalue weighted by Crippen LogP contribution is -2.51. The lowest BCUT2D eigenvalue weighted by atomic mass is 9.90. The smallest absolute Gasteiger partial charge is 0.145 e. The molecule has 2 rings (SSSR count). The van der Waals surface area contributed by atoms with Crippen molar-refractivity contribution >= 4 is 0 Å². The average molecular weight is 285 g/mol. The molecule has 3 nitrogen and oxygen atoms in total. The van der Waals surface area contributed by atoms with E-state index in [1.807, 2.05) is 18.2 Å². The van der Waals surface area contributed by atoms with Crippen LogP contribution in [0.5, 0.6) is 0 Å². The fraction of sp³-hybridized carbons (Fsp3) is 0.611. The summed E-state index contributed by atoms with van der Waals surface area (Å²) >= 11 is 0. The third-order valence-electron chi connectivity index (χ3n) is 4.04. The predicted octanol–water partition coefficient (Wildman–Crippen LogP) is 3.14. The van der Waals surface area contributed by atoms with E-state index >= 15 is 0 Å². The number of nitrogens with one attached hydrogen (secondary N) is 1. The second-order valence-corrected chi connectivity index (χ2v) is 6.47. The molecule has 1 aromatic carbocycles. The first-order valence-corrected chi connectivity index (χ1v) is 8.07. The Morgan fingerprint density at radius 1 is 1.33 bits per heavy atom. The van der Waals surface area contributed by atoms with Gasteiger partial charge in [-0.05, 0) is 30.9 Å². The Kier molecular flexibility index (Phi) is 5.39. The molecule has 1 atom stereocenters. The minimum atomic E-state index is -0.604. The van der Waals surface area contributed by atoms with Crippen LogP contribution < -0.4 is 5.32 Å². The Balaban J connectivity index is 2.25. The summed E-state index contributed by atoms with van der Waals surface area (Å²) < 4.78 is 0. The zero-order valence-electron chi connectivity index (χ0n) is 13.5. The Bertz CT molecular complexity index is 473. The molecule has 1 fully saturated rings. The van der Waals surface area contributed by atoms with Gasteiger partial charge in [-0.3, -0.25) is 10.2 Å². The fourth-order valence-corrected chi connectivity index (χ4v) is 2.97. The molecular weight excluding hydrogens is 258 g/mol. The summed E-state index contributed by atoms with van der Waals surface area (Å²) in [5.74, 6) is 0.624. The summed E-state index contributed by atoms with van der Waals surface area (Å²) in [6.07, 6.45) is 2.55. The van der Waals surface area contributed by atoms with Gasteiger partial charge >= 0.3 is 0 Å². The summed E-state index contributed by atoms with van der Waals surface area (Å²) in [4.78, 5) is 2.50. The zero-order chi connectivity index (χ0) is 15.3. The van der Waals surface area contributed by atoms with Gasteiger partial charge in [0.25, 0.3) is 0 Å². The van der Waals surface area contributed by atoms with Crippen molar-refractivity contribution in [2.45, 2.75) is 45.2 Å². The van der Waals surface area contributed by atoms with E-state index in [0.29, 0.717) is 12.0 Å². The number of nitriles is 1. The third-order valence-corrected chi connectivity index (χ3v) is 4.04. The van der Waals surface area contributed by atoms with Crippen LogP contribution in [0.15, 0.2) is 30.3 Å². The van der Waals surface area contributed by atoms with Crippen LogP contribution >= 0.6 is 0 Å². The number of rotatable bonds is 8. The number of nitrogens with zero attached hydrogens (tertiary/aromatic N) is 2. The molecule has 1 aromatic rings. The molecule has 0 aromatic heterocycles. The van der Waals surface area contributed by atoms with Gasteiger partial charge in [-0.25, -0.2) is 0 Å². The van der Waals surface area contributed by atoms with Crippen molar-refractivity contribution in [3.63, 3.8) is 0 Å². The molecule has 3 heteroatoms. The van der Waals surface area contributed by atoms with Gasteiger partial charge in [-0.15, -0.1) is 0 Å². The molecule has 1 N–H and O–H groups in total. The monoisotopic (exact) mass is 285 g/mol. The molecule has 1 aliphatic carbocycles. The topological polar surface area (TPSA) is 39.1 Å². The fourth-order valence-electron chi connectivity index (χ4n) is 2.97. The highest BCUT2D eigenvalue weighted by Crippen LogP contribution is 2.31. The van der Waals surface area contributed by atoms with Gasteiger partial charge in [0.05, 0.1) is 6.07 Å². The first kappa shape index (κ1) is 16.0. The third kappa shape index (κ3) is 4.06. The van der Waals surface area contributed by atoms with E-state index in [-0.39, 0.29) is 0 Å². The predicted molar refractivity (Wildman–Crippen MR) is 86.8 cm³/mol. The molecule has 1 aliphatic rings. The molecule has 0 aliphatic heterocycles. The van der Waals surface area contributed by atoms with Crippen molar-refractivity contribution in [3.8, 4) is 6.07 Å². The van der Waals surface area contributed by atoms with E-state index in [2.05, 4.69) is 49.2 Å². The first-order valence-electron chi connectivity index (χ1n) is 8.07. The summed E-state index contributed by atoms with van der Waals surface area (Å²) in [7, 11) is 0. The van der Waals surface area contributed by atoms with Gasteiger partial charge in [0.15, 0.2) is 0 Å². The van der Waals surface area contributed by atoms with E-state index in [1.54, 1.807) is 0 Å². The second kappa shape index (κ2) is 7.06. The van der Waals surface area contributed by atoms with Crippen LogP contribution in [0.1, 0.15) is 39.2 Å². The van der Waals surface area contributed by atoms with Gasteiger partial charge in [0, 0.05) is 19.1 Å². The van der Waals surface area contributed by atoms with Gasteiger partial charge in [-0.2, -0.15) is 5.26 Å². The summed E-state index contributed by atoms with van der Waals surface area (Å²) in [5, 5.41) is 13.4. The standard InChI is InChI=1S/C18H27N3/c1-4-20-18(13-19,16-8-6-5-7-9-16)14-21(12-15(2)3)17-10-11-17/h5-9,15,17,20H,4,10-12,14H2,1-3H3. The van der Waals surface area contributed by atoms with E-state index in [4.69, 9.17) is 0 Å². The molecule has 21 heavy (non-hydrogen) atoms. The molecule has 0 amide bonds. The van der Waals surface area contributed by atoms with Crippen molar-refractivity contribution in [2.24, 2.45) is 5.92 Å². The molecule has 1 unspecified atom stereocenters. The van der Waals surface area contributed by atoms with Crippen LogP contribution in [-0.2, 0) is 5.54 Å². The van der Waals surface area contributed by atoms with Crippen LogP contribution in [0.2, 0.25) is 0 Å². The largest absolute Gasteiger partial charge is 0.297 e. The highest BCUT2D eigenvalue weighted by molar-refractivity contribution is 5.32. The van der Waals surface area contributed by atoms with Crippen molar-refractivity contribution in [3.05, 3.63) is 35.9 Å². The van der Waals surface area contributed by atoms with Crippen molar-refractivity contribution in [2.75, 3.05) is 19.6 Å². The Labute approximate surface area is 129 Å². The van der Waals surface area contributed by atoms with Crippen molar-refractivity contribution < 1.29 is 0 Å². The molecule has 0 bridgehead atoms. The molecule has 0 saturated heterocycles. The lowest BCUT2D eigenvalue weighted by Gasteiger charge is -2.35. The molecule has 0 radical (unpaired) electrons. The summed E-state index contributed by atoms with van der Waals surface area (Å²) in [6.45, 7) is 9.19. The summed E-state index contributed by atoms with van der Waals surface area (Å²) in [5.41, 5.74) is 0.469. The lowest BCUT2D eigenvalue weighted by molar-refractivity contribution is 0.184. The number of hydrogen-bond donors (Lipinski definition) is 1. The van der Waals surface area contributed by atoms with Crippen LogP contribution in [0.4, 0.5) is 0 Å². The highest BCUT2D eigenvalue weighted by Gasteiger charge is 2.38. The first-order chi connectivity index (χ1) is 10.1. The zero-order valence-corrected chi connectivity index (χ0v) is 13.5. The Morgan fingerprint density at radius 2 is 2.00 bits per heavy atom. The van der Waals surface area contributed by atoms with Crippen molar-refractivity contribution in [1.29, 1.82) is 5.26 Å². The van der Waals surface area contributed by atoms with E-state index in [1.165, 1.54) is 12.8 Å². The van der Waals surface area contributed by atoms with Crippen LogP contribution in [-0.4, -0.2) is 30.6 Å². The van der Waals surface area contributed by atoms with Crippen LogP contribution in [0.25, 0.3) is 0 Å². The second-order valence-electron chi connectivity index (χ2n) is 6.47. The maximum absolute atomic E-state index is 9.91. The van der Waals surface area contributed by atoms with Gasteiger partial charge < -0.3 is 0 Å². The highest BCUT2D eigenvalue weighted by atomic mass is 15.2. The maximum Gasteiger partial charge on any atom is 0.145 e. The number of hydrogen-bond acceptors (Lipinski definition) is 3. The quantitative estimate of drug-likeness (QED) is 0.797. The molecule has 0 heterocycles. The van der Waals surface area contributed by atoms with E-state index in [0.717, 1.165) is 25.2 Å². The SMILES string of the molecule is CCNC(C#N)(CN(CC(C)C)C1CC1)c1ccccc1. The summed E-state index contributed by atoms with van der Waals surface area (Å²) in [6, 6.07) is 13.4. The van der Waals surface area contributed by atoms with Gasteiger partial charge in [0.1, 0.15) is 5.54 Å². The van der Waals surface area contributed by atoms with Gasteiger partial charge in [0.2, 0.25) is 0 Å². The maximum atomic E-state index is 9.91. The minimum absolute atomic E-state index is 0.604. The van der Waals surface area contributed by atoms with Gasteiger partial charge in [-0.1, -0.05) is 51.1 Å². The van der Waals surface area contributed by atoms with E-state index in [9.17, 15) is 5.26 Å². The Morgan fingerprint density at radius 3 is 2.48 bits per heavy atom. The minimum Gasteiger partial charge on any atom is -0.297 e. The van der Waals surface area contributed by atoms with Crippen LogP contribution in [0.3, 0.4) is 0 Å². The molecular formula is C18H27N3.